The number of nitrogens with one attached hydrogen (secondary N) is 2. The number of carbonyl (C=O) groups is 1. The van der Waals surface area contributed by atoms with Gasteiger partial charge in [-0.25, -0.2) is 9.97 Å². The number of benzene rings is 2. The molecule has 154 valence electrons. The minimum atomic E-state index is -0.384. The fourth-order valence-corrected chi connectivity index (χ4v) is 3.35. The lowest BCUT2D eigenvalue weighted by molar-refractivity contribution is 0.102. The topological polar surface area (TPSA) is 113 Å². The van der Waals surface area contributed by atoms with E-state index in [1.165, 1.54) is 17.0 Å². The van der Waals surface area contributed by atoms with Crippen LogP contribution in [0.4, 0.5) is 5.69 Å². The number of hydrogen-bond donors (Lipinski definition) is 3. The normalized spacial score (nSPS) is 10.7. The molecular formula is C22H17N5O3S. The first kappa shape index (κ1) is 20.2. The summed E-state index contributed by atoms with van der Waals surface area (Å²) in [7, 11) is 0. The van der Waals surface area contributed by atoms with E-state index in [4.69, 9.17) is 12.2 Å². The van der Waals surface area contributed by atoms with Crippen molar-refractivity contribution in [1.29, 1.82) is 0 Å². The zero-order chi connectivity index (χ0) is 22.0. The van der Waals surface area contributed by atoms with Crippen molar-refractivity contribution < 1.29 is 9.90 Å². The van der Waals surface area contributed by atoms with Gasteiger partial charge in [-0.05, 0) is 42.5 Å². The van der Waals surface area contributed by atoms with Crippen LogP contribution in [0.2, 0.25) is 0 Å². The molecule has 0 saturated carbocycles. The van der Waals surface area contributed by atoms with Gasteiger partial charge in [0.25, 0.3) is 11.5 Å². The van der Waals surface area contributed by atoms with Crippen LogP contribution in [-0.4, -0.2) is 30.5 Å². The van der Waals surface area contributed by atoms with E-state index >= 15 is 0 Å². The number of hydrogen-bond acceptors (Lipinski definition) is 6. The van der Waals surface area contributed by atoms with Gasteiger partial charge in [0.2, 0.25) is 0 Å². The Hall–Kier alpha value is -4.11. The number of rotatable bonds is 5. The Morgan fingerprint density at radius 1 is 1.23 bits per heavy atom. The number of nitrogens with zero attached hydrogens (tertiary/aromatic N) is 3. The highest BCUT2D eigenvalue weighted by Crippen LogP contribution is 2.20. The fraction of sp³-hybridized carbons (Fsp3) is 0.0455. The zero-order valence-corrected chi connectivity index (χ0v) is 17.0. The van der Waals surface area contributed by atoms with Crippen LogP contribution in [0.1, 0.15) is 10.4 Å². The highest BCUT2D eigenvalue weighted by atomic mass is 32.1. The number of phenolic OH excluding ortho intramolecular Hbond substituents is 1. The summed E-state index contributed by atoms with van der Waals surface area (Å²) in [6, 6.07) is 11.3. The molecule has 0 radical (unpaired) electrons. The third kappa shape index (κ3) is 4.12. The predicted octanol–water partition coefficient (Wildman–Crippen LogP) is 3.66. The van der Waals surface area contributed by atoms with Gasteiger partial charge in [0.05, 0.1) is 29.0 Å². The van der Waals surface area contributed by atoms with Crippen molar-refractivity contribution in [3.8, 4) is 17.1 Å². The summed E-state index contributed by atoms with van der Waals surface area (Å²) in [5.74, 6) is 0.151. The number of aromatic hydroxyl groups is 1. The molecule has 0 saturated heterocycles. The third-order valence-electron chi connectivity index (χ3n) is 4.57. The van der Waals surface area contributed by atoms with Crippen LogP contribution in [0.3, 0.4) is 0 Å². The number of H-pyrrole nitrogens is 1. The molecule has 2 aromatic heterocycles. The number of amides is 1. The minimum absolute atomic E-state index is 0.116. The van der Waals surface area contributed by atoms with Crippen LogP contribution in [-0.2, 0) is 6.54 Å². The predicted molar refractivity (Wildman–Crippen MR) is 121 cm³/mol. The molecule has 8 nitrogen and oxygen atoms in total. The molecule has 4 rings (SSSR count). The number of aromatic amines is 1. The third-order valence-corrected chi connectivity index (χ3v) is 4.89. The first-order valence-corrected chi connectivity index (χ1v) is 9.67. The minimum Gasteiger partial charge on any atom is -0.508 e. The summed E-state index contributed by atoms with van der Waals surface area (Å²) >= 11 is 5.23. The Morgan fingerprint density at radius 2 is 2.00 bits per heavy atom. The molecule has 3 N–H and O–H groups in total. The van der Waals surface area contributed by atoms with Crippen LogP contribution < -0.4 is 10.9 Å². The van der Waals surface area contributed by atoms with E-state index in [0.29, 0.717) is 40.1 Å². The average Bonchev–Trinajstić information content (AvgIpc) is 2.76. The maximum Gasteiger partial charge on any atom is 0.262 e. The van der Waals surface area contributed by atoms with Crippen molar-refractivity contribution in [2.24, 2.45) is 0 Å². The lowest BCUT2D eigenvalue weighted by atomic mass is 10.1. The Morgan fingerprint density at radius 3 is 2.71 bits per heavy atom. The van der Waals surface area contributed by atoms with Gasteiger partial charge in [-0.2, -0.15) is 0 Å². The van der Waals surface area contributed by atoms with Gasteiger partial charge in [-0.1, -0.05) is 18.2 Å². The second kappa shape index (κ2) is 8.33. The molecule has 0 aliphatic rings. The van der Waals surface area contributed by atoms with E-state index in [-0.39, 0.29) is 22.0 Å². The molecule has 1 amide bonds. The quantitative estimate of drug-likeness (QED) is 0.328. The molecular weight excluding hydrogens is 414 g/mol. The lowest BCUT2D eigenvalue weighted by Gasteiger charge is -2.08. The first-order valence-electron chi connectivity index (χ1n) is 9.27. The van der Waals surface area contributed by atoms with Crippen molar-refractivity contribution in [2.45, 2.75) is 6.54 Å². The summed E-state index contributed by atoms with van der Waals surface area (Å²) in [4.78, 5) is 36.7. The average molecular weight is 431 g/mol. The van der Waals surface area contributed by atoms with Crippen LogP contribution >= 0.6 is 12.2 Å². The summed E-state index contributed by atoms with van der Waals surface area (Å²) in [6.45, 7) is 3.92. The highest BCUT2D eigenvalue weighted by molar-refractivity contribution is 7.71. The molecule has 0 aliphatic heterocycles. The summed E-state index contributed by atoms with van der Waals surface area (Å²) < 4.78 is 1.65. The molecule has 31 heavy (non-hydrogen) atoms. The molecule has 2 aromatic carbocycles. The fourth-order valence-electron chi connectivity index (χ4n) is 3.08. The highest BCUT2D eigenvalue weighted by Gasteiger charge is 2.11. The van der Waals surface area contributed by atoms with Gasteiger partial charge in [-0.3, -0.25) is 14.2 Å². The molecule has 4 aromatic rings. The smallest absolute Gasteiger partial charge is 0.262 e. The van der Waals surface area contributed by atoms with Crippen molar-refractivity contribution in [3.05, 3.63) is 88.2 Å². The maximum absolute atomic E-state index is 12.7. The molecule has 0 atom stereocenters. The van der Waals surface area contributed by atoms with Crippen molar-refractivity contribution in [1.82, 2.24) is 19.5 Å². The number of allylic oxidation sites excluding steroid dienone is 1. The van der Waals surface area contributed by atoms with Crippen LogP contribution in [0.15, 0.2) is 72.3 Å². The molecule has 0 bridgehead atoms. The number of phenols is 1. The monoisotopic (exact) mass is 431 g/mol. The number of carbonyl (C=O) groups excluding carboxylic acids is 1. The van der Waals surface area contributed by atoms with Gasteiger partial charge in [-0.15, -0.1) is 6.58 Å². The van der Waals surface area contributed by atoms with E-state index in [1.54, 1.807) is 48.5 Å². The Bertz CT molecular complexity index is 1420. The number of aromatic nitrogens is 4. The molecule has 0 spiro atoms. The summed E-state index contributed by atoms with van der Waals surface area (Å²) in [6.07, 6.45) is 4.55. The molecule has 9 heteroatoms. The zero-order valence-electron chi connectivity index (χ0n) is 16.2. The van der Waals surface area contributed by atoms with Gasteiger partial charge in [0.1, 0.15) is 5.75 Å². The van der Waals surface area contributed by atoms with E-state index in [2.05, 4.69) is 26.8 Å². The van der Waals surface area contributed by atoms with Crippen LogP contribution in [0.25, 0.3) is 22.3 Å². The van der Waals surface area contributed by atoms with Crippen molar-refractivity contribution >= 4 is 34.7 Å². The summed E-state index contributed by atoms with van der Waals surface area (Å²) in [5.41, 5.74) is 1.63. The Balaban J connectivity index is 1.58. The van der Waals surface area contributed by atoms with E-state index < -0.39 is 0 Å². The second-order valence-corrected chi connectivity index (χ2v) is 7.08. The Labute approximate surface area is 181 Å². The van der Waals surface area contributed by atoms with E-state index in [9.17, 15) is 14.7 Å². The van der Waals surface area contributed by atoms with Gasteiger partial charge < -0.3 is 15.4 Å². The van der Waals surface area contributed by atoms with Crippen molar-refractivity contribution in [2.75, 3.05) is 5.32 Å². The SMILES string of the molecule is C=CCn1c(=S)[nH]c2cc(C(=O)Nc3cnc(-c4cccc(O)c4)nc3)ccc2c1=O. The van der Waals surface area contributed by atoms with Gasteiger partial charge >= 0.3 is 0 Å². The lowest BCUT2D eigenvalue weighted by Crippen LogP contribution is -2.22. The summed E-state index contributed by atoms with van der Waals surface area (Å²) in [5, 5.41) is 12.7. The standard InChI is InChI=1S/C22H17N5O3S/c1-2-8-27-21(30)17-7-6-14(10-18(17)26-22(27)31)20(29)25-15-11-23-19(24-12-15)13-4-3-5-16(28)9-13/h2-7,9-12,28H,1,8H2,(H,25,29)(H,26,31). The number of fused-ring (bicyclic) bond motifs is 1. The van der Waals surface area contributed by atoms with Crippen LogP contribution in [0.5, 0.6) is 5.75 Å². The second-order valence-electron chi connectivity index (χ2n) is 6.69. The Kier molecular flexibility index (Phi) is 5.42. The van der Waals surface area contributed by atoms with Crippen LogP contribution in [0, 0.1) is 4.77 Å². The van der Waals surface area contributed by atoms with E-state index in [1.807, 2.05) is 0 Å². The van der Waals surface area contributed by atoms with E-state index in [0.717, 1.165) is 0 Å². The maximum atomic E-state index is 12.7. The van der Waals surface area contributed by atoms with Crippen molar-refractivity contribution in [3.63, 3.8) is 0 Å². The molecule has 0 aliphatic carbocycles. The molecule has 2 heterocycles. The number of anilines is 1. The largest absolute Gasteiger partial charge is 0.508 e. The van der Waals surface area contributed by atoms with Gasteiger partial charge in [0.15, 0.2) is 10.6 Å². The molecule has 0 unspecified atom stereocenters. The van der Waals surface area contributed by atoms with Gasteiger partial charge in [0, 0.05) is 17.7 Å². The first-order chi connectivity index (χ1) is 15.0. The molecule has 0 fully saturated rings.